The minimum Gasteiger partial charge on any atom is -0.334 e. The zero-order valence-corrected chi connectivity index (χ0v) is 15.9. The number of nitrogens with zero attached hydrogens (tertiary/aromatic N) is 3. The summed E-state index contributed by atoms with van der Waals surface area (Å²) in [6.45, 7) is 4.50. The Morgan fingerprint density at radius 2 is 2.19 bits per heavy atom. The van der Waals surface area contributed by atoms with Crippen molar-refractivity contribution in [2.45, 2.75) is 45.1 Å². The Morgan fingerprint density at radius 1 is 1.35 bits per heavy atom. The molecule has 1 aromatic carbocycles. The average Bonchev–Trinajstić information content (AvgIpc) is 3.33. The molecule has 1 aliphatic carbocycles. The van der Waals surface area contributed by atoms with Crippen molar-refractivity contribution in [3.8, 4) is 0 Å². The molecule has 1 atom stereocenters. The van der Waals surface area contributed by atoms with Gasteiger partial charge in [0.2, 0.25) is 0 Å². The van der Waals surface area contributed by atoms with Gasteiger partial charge in [-0.2, -0.15) is 0 Å². The number of hydrogen-bond donors (Lipinski definition) is 1. The first-order valence-corrected chi connectivity index (χ1v) is 9.81. The number of hydrogen-bond acceptors (Lipinski definition) is 2. The lowest BCUT2D eigenvalue weighted by Crippen LogP contribution is -2.42. The summed E-state index contributed by atoms with van der Waals surface area (Å²) >= 11 is 6.25. The molecule has 2 aromatic rings. The third-order valence-corrected chi connectivity index (χ3v) is 5.74. The van der Waals surface area contributed by atoms with Crippen LogP contribution in [0.3, 0.4) is 0 Å². The molecule has 2 fully saturated rings. The normalized spacial score (nSPS) is 20.2. The SMILES string of the molecule is Cc1cccc(Cl)c1NC(=O)N1CCC[C@@H](c2nccn2CC2CC2)C1. The molecule has 6 heteroatoms. The van der Waals surface area contributed by atoms with E-state index in [4.69, 9.17) is 11.6 Å². The molecule has 4 rings (SSSR count). The number of anilines is 1. The number of carbonyl (C=O) groups excluding carboxylic acids is 1. The van der Waals surface area contributed by atoms with Gasteiger partial charge in [0.05, 0.1) is 10.7 Å². The Bertz CT molecular complexity index is 779. The molecule has 138 valence electrons. The van der Waals surface area contributed by atoms with Gasteiger partial charge >= 0.3 is 6.03 Å². The van der Waals surface area contributed by atoms with Crippen LogP contribution in [0.2, 0.25) is 5.02 Å². The fourth-order valence-corrected chi connectivity index (χ4v) is 4.03. The fraction of sp³-hybridized carbons (Fsp3) is 0.500. The van der Waals surface area contributed by atoms with Crippen molar-refractivity contribution in [3.05, 3.63) is 47.0 Å². The summed E-state index contributed by atoms with van der Waals surface area (Å²) < 4.78 is 2.29. The summed E-state index contributed by atoms with van der Waals surface area (Å²) in [6.07, 6.45) is 8.71. The van der Waals surface area contributed by atoms with Crippen molar-refractivity contribution >= 4 is 23.3 Å². The lowest BCUT2D eigenvalue weighted by atomic mass is 9.97. The van der Waals surface area contributed by atoms with E-state index in [0.29, 0.717) is 23.2 Å². The molecular formula is C20H25ClN4O. The van der Waals surface area contributed by atoms with Gasteiger partial charge in [-0.15, -0.1) is 0 Å². The Morgan fingerprint density at radius 3 is 2.96 bits per heavy atom. The van der Waals surface area contributed by atoms with Crippen LogP contribution in [0.5, 0.6) is 0 Å². The molecule has 1 saturated carbocycles. The first kappa shape index (κ1) is 17.4. The number of rotatable bonds is 4. The Hall–Kier alpha value is -2.01. The Labute approximate surface area is 159 Å². The highest BCUT2D eigenvalue weighted by Crippen LogP contribution is 2.33. The van der Waals surface area contributed by atoms with Crippen LogP contribution < -0.4 is 5.32 Å². The van der Waals surface area contributed by atoms with E-state index in [1.165, 1.54) is 12.8 Å². The van der Waals surface area contributed by atoms with Crippen LogP contribution in [0, 0.1) is 12.8 Å². The molecule has 1 aliphatic heterocycles. The molecule has 5 nitrogen and oxygen atoms in total. The molecule has 0 unspecified atom stereocenters. The number of likely N-dealkylation sites (tertiary alicyclic amines) is 1. The standard InChI is InChI=1S/C20H25ClN4O/c1-14-4-2-6-17(21)18(14)23-20(26)25-10-3-5-16(13-25)19-22-9-11-24(19)12-15-7-8-15/h2,4,6,9,11,15-16H,3,5,7-8,10,12-13H2,1H3,(H,23,26)/t16-/m1/s1. The van der Waals surface area contributed by atoms with Gasteiger partial charge in [0.15, 0.2) is 0 Å². The number of amides is 2. The van der Waals surface area contributed by atoms with Gasteiger partial charge in [-0.25, -0.2) is 9.78 Å². The highest BCUT2D eigenvalue weighted by atomic mass is 35.5. The molecule has 2 aliphatic rings. The van der Waals surface area contributed by atoms with Gasteiger partial charge in [-0.05, 0) is 50.2 Å². The van der Waals surface area contributed by atoms with E-state index < -0.39 is 0 Å². The van der Waals surface area contributed by atoms with Gasteiger partial charge in [-0.1, -0.05) is 23.7 Å². The Kier molecular flexibility index (Phi) is 4.90. The quantitative estimate of drug-likeness (QED) is 0.848. The monoisotopic (exact) mass is 372 g/mol. The maximum absolute atomic E-state index is 12.8. The van der Waals surface area contributed by atoms with Crippen molar-refractivity contribution in [1.82, 2.24) is 14.5 Å². The van der Waals surface area contributed by atoms with Gasteiger partial charge in [0.1, 0.15) is 5.82 Å². The summed E-state index contributed by atoms with van der Waals surface area (Å²) in [4.78, 5) is 19.3. The average molecular weight is 373 g/mol. The predicted molar refractivity (Wildman–Crippen MR) is 104 cm³/mol. The third-order valence-electron chi connectivity index (χ3n) is 5.43. The maximum Gasteiger partial charge on any atom is 0.321 e. The number of carbonyl (C=O) groups is 1. The van der Waals surface area contributed by atoms with Crippen molar-refractivity contribution in [2.75, 3.05) is 18.4 Å². The van der Waals surface area contributed by atoms with Crippen LogP contribution in [-0.2, 0) is 6.54 Å². The zero-order chi connectivity index (χ0) is 18.1. The fourth-order valence-electron chi connectivity index (χ4n) is 3.76. The second kappa shape index (κ2) is 7.31. The zero-order valence-electron chi connectivity index (χ0n) is 15.1. The predicted octanol–water partition coefficient (Wildman–Crippen LogP) is 4.67. The van der Waals surface area contributed by atoms with E-state index >= 15 is 0 Å². The number of imidazole rings is 1. The smallest absolute Gasteiger partial charge is 0.321 e. The van der Waals surface area contributed by atoms with Crippen LogP contribution in [0.15, 0.2) is 30.6 Å². The lowest BCUT2D eigenvalue weighted by Gasteiger charge is -2.33. The third kappa shape index (κ3) is 3.73. The second-order valence-corrected chi connectivity index (χ2v) is 7.94. The number of benzene rings is 1. The molecule has 2 amide bonds. The van der Waals surface area contributed by atoms with E-state index in [1.807, 2.05) is 30.2 Å². The van der Waals surface area contributed by atoms with Crippen LogP contribution in [0.4, 0.5) is 10.5 Å². The number of para-hydroxylation sites is 1. The first-order valence-electron chi connectivity index (χ1n) is 9.44. The summed E-state index contributed by atoms with van der Waals surface area (Å²) in [6, 6.07) is 5.57. The molecular weight excluding hydrogens is 348 g/mol. The number of nitrogens with one attached hydrogen (secondary N) is 1. The number of urea groups is 1. The lowest BCUT2D eigenvalue weighted by molar-refractivity contribution is 0.190. The number of aryl methyl sites for hydroxylation is 1. The van der Waals surface area contributed by atoms with Gasteiger partial charge in [0.25, 0.3) is 0 Å². The van der Waals surface area contributed by atoms with Crippen LogP contribution >= 0.6 is 11.6 Å². The van der Waals surface area contributed by atoms with Crippen molar-refractivity contribution in [3.63, 3.8) is 0 Å². The van der Waals surface area contributed by atoms with E-state index in [1.54, 1.807) is 6.07 Å². The highest BCUT2D eigenvalue weighted by molar-refractivity contribution is 6.33. The Balaban J connectivity index is 1.45. The summed E-state index contributed by atoms with van der Waals surface area (Å²) in [5, 5.41) is 3.57. The minimum absolute atomic E-state index is 0.0776. The van der Waals surface area contributed by atoms with E-state index in [9.17, 15) is 4.79 Å². The number of piperidine rings is 1. The van der Waals surface area contributed by atoms with E-state index in [0.717, 1.165) is 43.2 Å². The van der Waals surface area contributed by atoms with Crippen LogP contribution in [0.25, 0.3) is 0 Å². The second-order valence-electron chi connectivity index (χ2n) is 7.53. The molecule has 0 radical (unpaired) electrons. The first-order chi connectivity index (χ1) is 12.6. The van der Waals surface area contributed by atoms with Crippen LogP contribution in [0.1, 0.15) is 43.0 Å². The maximum atomic E-state index is 12.8. The van der Waals surface area contributed by atoms with E-state index in [2.05, 4.69) is 21.1 Å². The number of halogens is 1. The number of aromatic nitrogens is 2. The summed E-state index contributed by atoms with van der Waals surface area (Å²) in [5.41, 5.74) is 1.68. The van der Waals surface area contributed by atoms with Crippen molar-refractivity contribution < 1.29 is 4.79 Å². The van der Waals surface area contributed by atoms with Gasteiger partial charge < -0.3 is 14.8 Å². The molecule has 0 bridgehead atoms. The topological polar surface area (TPSA) is 50.2 Å². The molecule has 1 aromatic heterocycles. The minimum atomic E-state index is -0.0776. The van der Waals surface area contributed by atoms with Crippen molar-refractivity contribution in [2.24, 2.45) is 5.92 Å². The molecule has 0 spiro atoms. The molecule has 1 N–H and O–H groups in total. The summed E-state index contributed by atoms with van der Waals surface area (Å²) in [5.74, 6) is 2.24. The molecule has 26 heavy (non-hydrogen) atoms. The van der Waals surface area contributed by atoms with Gasteiger partial charge in [0, 0.05) is 37.9 Å². The molecule has 1 saturated heterocycles. The van der Waals surface area contributed by atoms with Crippen LogP contribution in [-0.4, -0.2) is 33.6 Å². The highest BCUT2D eigenvalue weighted by Gasteiger charge is 2.29. The van der Waals surface area contributed by atoms with Gasteiger partial charge in [-0.3, -0.25) is 0 Å². The summed E-state index contributed by atoms with van der Waals surface area (Å²) in [7, 11) is 0. The van der Waals surface area contributed by atoms with E-state index in [-0.39, 0.29) is 6.03 Å². The van der Waals surface area contributed by atoms with Crippen molar-refractivity contribution in [1.29, 1.82) is 0 Å². The molecule has 2 heterocycles. The largest absolute Gasteiger partial charge is 0.334 e.